The van der Waals surface area contributed by atoms with Crippen molar-refractivity contribution in [1.29, 1.82) is 0 Å². The SMILES string of the molecule is O=C(c1ccc2c3c([nH]c2c1)CCCC3)N1C[C@@H](O)[C@H](F)C1. The molecule has 2 heterocycles. The minimum atomic E-state index is -1.34. The molecule has 2 aromatic rings. The number of rotatable bonds is 1. The number of benzene rings is 1. The molecule has 0 bridgehead atoms. The van der Waals surface area contributed by atoms with Gasteiger partial charge in [0.2, 0.25) is 0 Å². The van der Waals surface area contributed by atoms with Crippen LogP contribution in [0, 0.1) is 0 Å². The highest BCUT2D eigenvalue weighted by molar-refractivity contribution is 5.99. The van der Waals surface area contributed by atoms with Crippen LogP contribution < -0.4 is 0 Å². The van der Waals surface area contributed by atoms with Gasteiger partial charge in [-0.15, -0.1) is 0 Å². The van der Waals surface area contributed by atoms with Crippen LogP contribution in [-0.4, -0.2) is 46.3 Å². The van der Waals surface area contributed by atoms with Crippen molar-refractivity contribution < 1.29 is 14.3 Å². The molecule has 1 amide bonds. The van der Waals surface area contributed by atoms with Crippen LogP contribution in [-0.2, 0) is 12.8 Å². The summed E-state index contributed by atoms with van der Waals surface area (Å²) >= 11 is 0. The number of β-amino-alcohol motifs (C(OH)–C–C–N with tert-alkyl or cyclic N) is 1. The van der Waals surface area contributed by atoms with Crippen molar-refractivity contribution in [2.75, 3.05) is 13.1 Å². The van der Waals surface area contributed by atoms with E-state index in [-0.39, 0.29) is 19.0 Å². The summed E-state index contributed by atoms with van der Waals surface area (Å²) in [6, 6.07) is 5.65. The van der Waals surface area contributed by atoms with E-state index in [4.69, 9.17) is 0 Å². The van der Waals surface area contributed by atoms with Gasteiger partial charge in [-0.1, -0.05) is 6.07 Å². The first-order valence-corrected chi connectivity index (χ1v) is 7.88. The fourth-order valence-electron chi connectivity index (χ4n) is 3.64. The summed E-state index contributed by atoms with van der Waals surface area (Å²) in [4.78, 5) is 17.3. The number of likely N-dealkylation sites (tertiary alicyclic amines) is 1. The number of hydrogen-bond donors (Lipinski definition) is 2. The Kier molecular flexibility index (Phi) is 3.18. The zero-order valence-electron chi connectivity index (χ0n) is 12.3. The average Bonchev–Trinajstić information content (AvgIpc) is 3.06. The Hall–Kier alpha value is -1.88. The molecular weight excluding hydrogens is 283 g/mol. The molecule has 1 fully saturated rings. The first-order chi connectivity index (χ1) is 10.6. The Balaban J connectivity index is 1.67. The molecule has 2 N–H and O–H groups in total. The number of aliphatic hydroxyl groups is 1. The van der Waals surface area contributed by atoms with E-state index in [0.29, 0.717) is 5.56 Å². The summed E-state index contributed by atoms with van der Waals surface area (Å²) in [6.07, 6.45) is 2.16. The largest absolute Gasteiger partial charge is 0.388 e. The normalized spacial score (nSPS) is 24.7. The Morgan fingerprint density at radius 1 is 1.27 bits per heavy atom. The summed E-state index contributed by atoms with van der Waals surface area (Å²) < 4.78 is 13.4. The van der Waals surface area contributed by atoms with E-state index >= 15 is 0 Å². The first kappa shape index (κ1) is 13.8. The number of carbonyl (C=O) groups excluding carboxylic acids is 1. The van der Waals surface area contributed by atoms with Gasteiger partial charge in [-0.25, -0.2) is 4.39 Å². The van der Waals surface area contributed by atoms with Crippen LogP contribution in [0.4, 0.5) is 4.39 Å². The number of aromatic nitrogens is 1. The number of aryl methyl sites for hydroxylation is 2. The van der Waals surface area contributed by atoms with Crippen LogP contribution in [0.15, 0.2) is 18.2 Å². The van der Waals surface area contributed by atoms with Crippen molar-refractivity contribution in [2.45, 2.75) is 38.0 Å². The van der Waals surface area contributed by atoms with E-state index in [1.807, 2.05) is 18.2 Å². The summed E-state index contributed by atoms with van der Waals surface area (Å²) in [5, 5.41) is 10.7. The third-order valence-electron chi connectivity index (χ3n) is 4.85. The van der Waals surface area contributed by atoms with Gasteiger partial charge in [-0.05, 0) is 43.4 Å². The Morgan fingerprint density at radius 3 is 2.86 bits per heavy atom. The van der Waals surface area contributed by atoms with Gasteiger partial charge in [-0.3, -0.25) is 4.79 Å². The van der Waals surface area contributed by atoms with Crippen LogP contribution in [0.3, 0.4) is 0 Å². The van der Waals surface area contributed by atoms with E-state index in [1.165, 1.54) is 34.4 Å². The number of fused-ring (bicyclic) bond motifs is 3. The first-order valence-electron chi connectivity index (χ1n) is 7.88. The number of carbonyl (C=O) groups is 1. The molecule has 22 heavy (non-hydrogen) atoms. The number of H-pyrrole nitrogens is 1. The molecule has 4 rings (SSSR count). The number of alkyl halides is 1. The van der Waals surface area contributed by atoms with Crippen LogP contribution in [0.25, 0.3) is 10.9 Å². The van der Waals surface area contributed by atoms with Crippen LogP contribution >= 0.6 is 0 Å². The number of nitrogens with one attached hydrogen (secondary N) is 1. The molecule has 1 aromatic carbocycles. The smallest absolute Gasteiger partial charge is 0.254 e. The minimum Gasteiger partial charge on any atom is -0.388 e. The number of nitrogens with zero attached hydrogens (tertiary/aromatic N) is 1. The van der Waals surface area contributed by atoms with Gasteiger partial charge in [0.15, 0.2) is 0 Å². The van der Waals surface area contributed by atoms with E-state index in [2.05, 4.69) is 4.98 Å². The molecule has 1 aromatic heterocycles. The van der Waals surface area contributed by atoms with E-state index in [1.54, 1.807) is 0 Å². The zero-order valence-corrected chi connectivity index (χ0v) is 12.3. The van der Waals surface area contributed by atoms with Crippen LogP contribution in [0.2, 0.25) is 0 Å². The number of aromatic amines is 1. The topological polar surface area (TPSA) is 56.3 Å². The van der Waals surface area contributed by atoms with Gasteiger partial charge in [-0.2, -0.15) is 0 Å². The molecule has 0 spiro atoms. The summed E-state index contributed by atoms with van der Waals surface area (Å²) in [7, 11) is 0. The van der Waals surface area contributed by atoms with Crippen molar-refractivity contribution in [3.05, 3.63) is 35.0 Å². The molecule has 2 aliphatic rings. The monoisotopic (exact) mass is 302 g/mol. The zero-order chi connectivity index (χ0) is 15.3. The van der Waals surface area contributed by atoms with Crippen molar-refractivity contribution in [3.63, 3.8) is 0 Å². The lowest BCUT2D eigenvalue weighted by Crippen LogP contribution is -2.29. The van der Waals surface area contributed by atoms with Gasteiger partial charge in [0, 0.05) is 28.7 Å². The van der Waals surface area contributed by atoms with Crippen molar-refractivity contribution >= 4 is 16.8 Å². The van der Waals surface area contributed by atoms with E-state index < -0.39 is 12.3 Å². The van der Waals surface area contributed by atoms with Crippen LogP contribution in [0.1, 0.15) is 34.5 Å². The third kappa shape index (κ3) is 2.11. The van der Waals surface area contributed by atoms with Crippen LogP contribution in [0.5, 0.6) is 0 Å². The highest BCUT2D eigenvalue weighted by atomic mass is 19.1. The predicted octanol–water partition coefficient (Wildman–Crippen LogP) is 2.20. The van der Waals surface area contributed by atoms with Crippen molar-refractivity contribution in [1.82, 2.24) is 9.88 Å². The maximum Gasteiger partial charge on any atom is 0.254 e. The average molecular weight is 302 g/mol. The predicted molar refractivity (Wildman–Crippen MR) is 81.7 cm³/mol. The molecule has 2 atom stereocenters. The fraction of sp³-hybridized carbons (Fsp3) is 0.471. The second kappa shape index (κ2) is 5.09. The molecule has 1 aliphatic carbocycles. The maximum atomic E-state index is 13.4. The lowest BCUT2D eigenvalue weighted by atomic mass is 9.95. The maximum absolute atomic E-state index is 13.4. The van der Waals surface area contributed by atoms with Crippen molar-refractivity contribution in [3.8, 4) is 0 Å². The summed E-state index contributed by atoms with van der Waals surface area (Å²) in [6.45, 7) is 0.0402. The molecule has 0 radical (unpaired) electrons. The molecule has 1 aliphatic heterocycles. The second-order valence-electron chi connectivity index (χ2n) is 6.34. The number of aliphatic hydroxyl groups excluding tert-OH is 1. The highest BCUT2D eigenvalue weighted by Gasteiger charge is 2.34. The van der Waals surface area contributed by atoms with Gasteiger partial charge in [0.05, 0.1) is 6.54 Å². The lowest BCUT2D eigenvalue weighted by Gasteiger charge is -2.15. The van der Waals surface area contributed by atoms with Crippen molar-refractivity contribution in [2.24, 2.45) is 0 Å². The quantitative estimate of drug-likeness (QED) is 0.848. The standard InChI is InChI=1S/C17H19FN2O2/c18-13-8-20(9-16(13)21)17(22)10-5-6-12-11-3-1-2-4-14(11)19-15(12)7-10/h5-7,13,16,19,21H,1-4,8-9H2/t13-,16-/m1/s1. The molecule has 4 nitrogen and oxygen atoms in total. The Labute approximate surface area is 127 Å². The van der Waals surface area contributed by atoms with Gasteiger partial charge in [0.25, 0.3) is 5.91 Å². The molecule has 0 saturated carbocycles. The third-order valence-corrected chi connectivity index (χ3v) is 4.85. The van der Waals surface area contributed by atoms with E-state index in [0.717, 1.165) is 18.4 Å². The molecule has 116 valence electrons. The fourth-order valence-corrected chi connectivity index (χ4v) is 3.64. The number of hydrogen-bond acceptors (Lipinski definition) is 2. The van der Waals surface area contributed by atoms with E-state index in [9.17, 15) is 14.3 Å². The Morgan fingerprint density at radius 2 is 2.09 bits per heavy atom. The summed E-state index contributed by atoms with van der Waals surface area (Å²) in [5.74, 6) is -0.214. The molecular formula is C17H19FN2O2. The highest BCUT2D eigenvalue weighted by Crippen LogP contribution is 2.30. The van der Waals surface area contributed by atoms with Gasteiger partial charge < -0.3 is 15.0 Å². The number of amides is 1. The van der Waals surface area contributed by atoms with Gasteiger partial charge in [0.1, 0.15) is 12.3 Å². The minimum absolute atomic E-state index is 0.0285. The lowest BCUT2D eigenvalue weighted by molar-refractivity contribution is 0.0764. The van der Waals surface area contributed by atoms with Gasteiger partial charge >= 0.3 is 0 Å². The Bertz CT molecular complexity index is 730. The molecule has 0 unspecified atom stereocenters. The molecule has 1 saturated heterocycles. The second-order valence-corrected chi connectivity index (χ2v) is 6.34. The molecule has 5 heteroatoms. The summed E-state index contributed by atoms with van der Waals surface area (Å²) in [5.41, 5.74) is 4.19. The number of halogens is 1.